The molecule has 0 spiro atoms. The number of aliphatic hydroxyl groups is 2. The Hall–Kier alpha value is -1.79. The molecule has 2 unspecified atom stereocenters. The van der Waals surface area contributed by atoms with E-state index in [0.29, 0.717) is 17.0 Å². The number of carbonyl (C=O) groups excluding carboxylic acids is 1. The Kier molecular flexibility index (Phi) is 3.40. The number of nitrogens with two attached hydrogens (primary N) is 1. The largest absolute Gasteiger partial charge is 0.494 e. The van der Waals surface area contributed by atoms with Crippen molar-refractivity contribution in [2.24, 2.45) is 0 Å². The molecular formula is C12H16N2O4. The lowest BCUT2D eigenvalue weighted by Crippen LogP contribution is -2.30. The number of likely N-dealkylation sites (tertiary alicyclic amines) is 1. The summed E-state index contributed by atoms with van der Waals surface area (Å²) < 4.78 is 5.11. The molecule has 1 aliphatic rings. The van der Waals surface area contributed by atoms with Gasteiger partial charge >= 0.3 is 0 Å². The summed E-state index contributed by atoms with van der Waals surface area (Å²) in [5.41, 5.74) is 6.44. The van der Waals surface area contributed by atoms with E-state index in [1.165, 1.54) is 12.0 Å². The second kappa shape index (κ2) is 4.83. The zero-order valence-electron chi connectivity index (χ0n) is 10.0. The number of nitrogen functional groups attached to an aromatic ring is 1. The fourth-order valence-electron chi connectivity index (χ4n) is 2.06. The van der Waals surface area contributed by atoms with Gasteiger partial charge in [0.1, 0.15) is 0 Å². The molecule has 0 radical (unpaired) electrons. The normalized spacial score (nSPS) is 23.2. The van der Waals surface area contributed by atoms with E-state index in [4.69, 9.17) is 10.5 Å². The Morgan fingerprint density at radius 2 is 2.00 bits per heavy atom. The van der Waals surface area contributed by atoms with Gasteiger partial charge in [-0.3, -0.25) is 4.79 Å². The number of ether oxygens (including phenoxy) is 1. The quantitative estimate of drug-likeness (QED) is 0.614. The van der Waals surface area contributed by atoms with Gasteiger partial charge in [0.05, 0.1) is 30.6 Å². The van der Waals surface area contributed by atoms with Crippen molar-refractivity contribution < 1.29 is 19.7 Å². The second-order valence-electron chi connectivity index (χ2n) is 4.27. The molecule has 6 heteroatoms. The number of hydrogen-bond donors (Lipinski definition) is 3. The molecule has 2 atom stereocenters. The van der Waals surface area contributed by atoms with Crippen LogP contribution in [0.5, 0.6) is 5.75 Å². The van der Waals surface area contributed by atoms with Crippen LogP contribution in [-0.2, 0) is 0 Å². The highest BCUT2D eigenvalue weighted by Gasteiger charge is 2.34. The number of methoxy groups -OCH3 is 1. The molecule has 1 saturated heterocycles. The molecule has 0 aliphatic carbocycles. The summed E-state index contributed by atoms with van der Waals surface area (Å²) in [4.78, 5) is 13.6. The Balaban J connectivity index is 2.27. The molecule has 98 valence electrons. The Labute approximate surface area is 105 Å². The summed E-state index contributed by atoms with van der Waals surface area (Å²) >= 11 is 0. The van der Waals surface area contributed by atoms with Gasteiger partial charge in [0.25, 0.3) is 5.91 Å². The van der Waals surface area contributed by atoms with Crippen molar-refractivity contribution in [2.75, 3.05) is 25.9 Å². The third-order valence-corrected chi connectivity index (χ3v) is 3.03. The van der Waals surface area contributed by atoms with Crippen molar-refractivity contribution in [1.29, 1.82) is 0 Å². The number of carbonyl (C=O) groups is 1. The first kappa shape index (κ1) is 12.7. The summed E-state index contributed by atoms with van der Waals surface area (Å²) in [5, 5.41) is 18.9. The lowest BCUT2D eigenvalue weighted by Gasteiger charge is -2.17. The Morgan fingerprint density at radius 3 is 2.56 bits per heavy atom. The van der Waals surface area contributed by atoms with Crippen LogP contribution in [0.15, 0.2) is 18.2 Å². The van der Waals surface area contributed by atoms with E-state index in [1.807, 2.05) is 0 Å². The van der Waals surface area contributed by atoms with Gasteiger partial charge in [-0.05, 0) is 12.1 Å². The van der Waals surface area contributed by atoms with Crippen LogP contribution in [0.1, 0.15) is 10.4 Å². The van der Waals surface area contributed by atoms with Crippen molar-refractivity contribution >= 4 is 11.6 Å². The van der Waals surface area contributed by atoms with E-state index in [2.05, 4.69) is 0 Å². The van der Waals surface area contributed by atoms with Crippen LogP contribution in [0.2, 0.25) is 0 Å². The van der Waals surface area contributed by atoms with Crippen LogP contribution < -0.4 is 10.5 Å². The van der Waals surface area contributed by atoms with Crippen LogP contribution in [0.4, 0.5) is 5.69 Å². The lowest BCUT2D eigenvalue weighted by molar-refractivity contribution is 0.0572. The van der Waals surface area contributed by atoms with Gasteiger partial charge < -0.3 is 25.6 Å². The monoisotopic (exact) mass is 252 g/mol. The van der Waals surface area contributed by atoms with Crippen LogP contribution in [0, 0.1) is 0 Å². The molecule has 6 nitrogen and oxygen atoms in total. The minimum absolute atomic E-state index is 0.109. The molecule has 18 heavy (non-hydrogen) atoms. The summed E-state index contributed by atoms with van der Waals surface area (Å²) in [6.07, 6.45) is -1.80. The van der Waals surface area contributed by atoms with Crippen LogP contribution in [-0.4, -0.2) is 53.4 Å². The summed E-state index contributed by atoms with van der Waals surface area (Å²) in [6.45, 7) is 0.218. The minimum atomic E-state index is -0.902. The maximum Gasteiger partial charge on any atom is 0.257 e. The van der Waals surface area contributed by atoms with Crippen LogP contribution in [0.25, 0.3) is 0 Å². The Morgan fingerprint density at radius 1 is 1.39 bits per heavy atom. The number of nitrogens with zero attached hydrogens (tertiary/aromatic N) is 1. The van der Waals surface area contributed by atoms with Crippen molar-refractivity contribution in [3.8, 4) is 5.75 Å². The van der Waals surface area contributed by atoms with E-state index in [1.54, 1.807) is 18.2 Å². The third-order valence-electron chi connectivity index (χ3n) is 3.03. The minimum Gasteiger partial charge on any atom is -0.494 e. The van der Waals surface area contributed by atoms with E-state index >= 15 is 0 Å². The second-order valence-corrected chi connectivity index (χ2v) is 4.27. The first-order valence-electron chi connectivity index (χ1n) is 5.62. The van der Waals surface area contributed by atoms with E-state index in [0.717, 1.165) is 0 Å². The van der Waals surface area contributed by atoms with Crippen molar-refractivity contribution in [1.82, 2.24) is 4.90 Å². The van der Waals surface area contributed by atoms with Crippen LogP contribution >= 0.6 is 0 Å². The number of anilines is 1. The topological polar surface area (TPSA) is 96.0 Å². The van der Waals surface area contributed by atoms with Crippen molar-refractivity contribution in [3.63, 3.8) is 0 Å². The fourth-order valence-corrected chi connectivity index (χ4v) is 2.06. The van der Waals surface area contributed by atoms with Crippen molar-refractivity contribution in [3.05, 3.63) is 23.8 Å². The highest BCUT2D eigenvalue weighted by Crippen LogP contribution is 2.28. The molecule has 0 saturated carbocycles. The fraction of sp³-hybridized carbons (Fsp3) is 0.417. The predicted octanol–water partition coefficient (Wildman–Crippen LogP) is -0.545. The molecule has 1 fully saturated rings. The average Bonchev–Trinajstić information content (AvgIpc) is 2.68. The molecule has 1 amide bonds. The van der Waals surface area contributed by atoms with Gasteiger partial charge in [-0.1, -0.05) is 6.07 Å². The molecule has 2 rings (SSSR count). The van der Waals surface area contributed by atoms with E-state index in [-0.39, 0.29) is 19.0 Å². The zero-order chi connectivity index (χ0) is 13.3. The SMILES string of the molecule is COc1c(N)cccc1C(=O)N1CC(O)C(O)C1. The maximum atomic E-state index is 12.2. The molecule has 1 heterocycles. The van der Waals surface area contributed by atoms with Crippen LogP contribution in [0.3, 0.4) is 0 Å². The number of rotatable bonds is 2. The molecule has 1 aromatic rings. The van der Waals surface area contributed by atoms with Gasteiger partial charge in [0.15, 0.2) is 5.75 Å². The summed E-state index contributed by atoms with van der Waals surface area (Å²) in [7, 11) is 1.44. The van der Waals surface area contributed by atoms with E-state index in [9.17, 15) is 15.0 Å². The summed E-state index contributed by atoms with van der Waals surface area (Å²) in [6, 6.07) is 4.91. The molecule has 4 N–H and O–H groups in total. The number of β-amino-alcohol motifs (C(OH)–C–C–N with tert-alkyl or cyclic N) is 2. The smallest absolute Gasteiger partial charge is 0.257 e. The van der Waals surface area contributed by atoms with Gasteiger partial charge in [0.2, 0.25) is 0 Å². The standard InChI is InChI=1S/C12H16N2O4/c1-18-11-7(3-2-4-8(11)13)12(17)14-5-9(15)10(16)6-14/h2-4,9-10,15-16H,5-6,13H2,1H3. The number of hydrogen-bond acceptors (Lipinski definition) is 5. The molecule has 1 aliphatic heterocycles. The molecule has 0 aromatic heterocycles. The third kappa shape index (κ3) is 2.12. The summed E-state index contributed by atoms with van der Waals surface area (Å²) in [5.74, 6) is 0.00753. The molecule has 1 aromatic carbocycles. The predicted molar refractivity (Wildman–Crippen MR) is 65.3 cm³/mol. The molecule has 0 bridgehead atoms. The van der Waals surface area contributed by atoms with Gasteiger partial charge in [-0.2, -0.15) is 0 Å². The first-order valence-corrected chi connectivity index (χ1v) is 5.62. The lowest BCUT2D eigenvalue weighted by atomic mass is 10.1. The first-order chi connectivity index (χ1) is 8.54. The number of aliphatic hydroxyl groups excluding tert-OH is 2. The number of para-hydroxylation sites is 1. The number of benzene rings is 1. The Bertz CT molecular complexity index is 453. The zero-order valence-corrected chi connectivity index (χ0v) is 10.0. The van der Waals surface area contributed by atoms with Gasteiger partial charge in [-0.25, -0.2) is 0 Å². The van der Waals surface area contributed by atoms with Crippen molar-refractivity contribution in [2.45, 2.75) is 12.2 Å². The van der Waals surface area contributed by atoms with Gasteiger partial charge in [-0.15, -0.1) is 0 Å². The average molecular weight is 252 g/mol. The molecular weight excluding hydrogens is 236 g/mol. The number of amides is 1. The van der Waals surface area contributed by atoms with E-state index < -0.39 is 12.2 Å². The highest BCUT2D eigenvalue weighted by molar-refractivity contribution is 5.98. The maximum absolute atomic E-state index is 12.2. The highest BCUT2D eigenvalue weighted by atomic mass is 16.5. The van der Waals surface area contributed by atoms with Gasteiger partial charge in [0, 0.05) is 13.1 Å².